The molecule has 0 amide bonds. The van der Waals surface area contributed by atoms with E-state index in [1.165, 1.54) is 11.1 Å². The molecule has 21 heavy (non-hydrogen) atoms. The molecule has 2 rings (SSSR count). The molecule has 0 unspecified atom stereocenters. The number of anilines is 1. The molecule has 0 spiro atoms. The number of nitrogens with one attached hydrogen (secondary N) is 1. The third-order valence-electron chi connectivity index (χ3n) is 3.70. The van der Waals surface area contributed by atoms with Crippen molar-refractivity contribution in [3.8, 4) is 0 Å². The van der Waals surface area contributed by atoms with Gasteiger partial charge in [-0.3, -0.25) is 4.68 Å². The zero-order chi connectivity index (χ0) is 15.4. The minimum absolute atomic E-state index is 0.715. The quantitative estimate of drug-likeness (QED) is 0.878. The summed E-state index contributed by atoms with van der Waals surface area (Å²) in [6, 6.07) is 8.23. The molecule has 0 aliphatic carbocycles. The molecule has 1 heterocycles. The van der Waals surface area contributed by atoms with Crippen molar-refractivity contribution in [2.24, 2.45) is 0 Å². The van der Waals surface area contributed by atoms with Crippen molar-refractivity contribution in [3.05, 3.63) is 47.3 Å². The van der Waals surface area contributed by atoms with Crippen molar-refractivity contribution in [1.82, 2.24) is 14.7 Å². The summed E-state index contributed by atoms with van der Waals surface area (Å²) in [6.45, 7) is 7.90. The van der Waals surface area contributed by atoms with E-state index in [1.54, 1.807) is 0 Å². The summed E-state index contributed by atoms with van der Waals surface area (Å²) in [5, 5.41) is 8.33. The second kappa shape index (κ2) is 6.72. The van der Waals surface area contributed by atoms with Crippen LogP contribution < -0.4 is 5.32 Å². The lowest BCUT2D eigenvalue weighted by atomic mass is 10.1. The fraction of sp³-hybridized carbons (Fsp3) is 0.375. The molecule has 0 saturated heterocycles. The van der Waals surface area contributed by atoms with Crippen LogP contribution in [0.15, 0.2) is 30.5 Å². The van der Waals surface area contributed by atoms with Crippen LogP contribution in [0.25, 0.3) is 0 Å². The van der Waals surface area contributed by atoms with Gasteiger partial charge in [-0.2, -0.15) is 5.10 Å². The first-order chi connectivity index (χ1) is 10.0. The van der Waals surface area contributed by atoms with Gasteiger partial charge in [-0.15, -0.1) is 0 Å². The summed E-state index contributed by atoms with van der Waals surface area (Å²) in [6.07, 6.45) is 1.83. The Morgan fingerprint density at radius 3 is 2.81 bits per heavy atom. The van der Waals surface area contributed by atoms with Crippen LogP contribution in [0.5, 0.6) is 0 Å². The maximum Gasteiger partial charge on any atom is 0.173 e. The SMILES string of the molecule is CCn1nccc1CN(C)C(=S)Nc1cccc(C)c1C. The summed E-state index contributed by atoms with van der Waals surface area (Å²) in [5.41, 5.74) is 4.71. The normalized spacial score (nSPS) is 10.5. The lowest BCUT2D eigenvalue weighted by Crippen LogP contribution is -2.31. The predicted molar refractivity (Wildman–Crippen MR) is 91.5 cm³/mol. The van der Waals surface area contributed by atoms with E-state index in [-0.39, 0.29) is 0 Å². The highest BCUT2D eigenvalue weighted by Gasteiger charge is 2.10. The van der Waals surface area contributed by atoms with E-state index in [0.29, 0.717) is 5.11 Å². The summed E-state index contributed by atoms with van der Waals surface area (Å²) >= 11 is 5.50. The van der Waals surface area contributed by atoms with E-state index in [9.17, 15) is 0 Å². The van der Waals surface area contributed by atoms with Crippen LogP contribution >= 0.6 is 12.2 Å². The number of benzene rings is 1. The maximum absolute atomic E-state index is 5.50. The summed E-state index contributed by atoms with van der Waals surface area (Å²) < 4.78 is 1.98. The average Bonchev–Trinajstić information content (AvgIpc) is 2.91. The molecule has 5 heteroatoms. The summed E-state index contributed by atoms with van der Waals surface area (Å²) in [5.74, 6) is 0. The minimum Gasteiger partial charge on any atom is -0.346 e. The molecule has 1 aromatic carbocycles. The lowest BCUT2D eigenvalue weighted by Gasteiger charge is -2.22. The van der Waals surface area contributed by atoms with Gasteiger partial charge in [0, 0.05) is 25.5 Å². The first kappa shape index (κ1) is 15.5. The Labute approximate surface area is 131 Å². The summed E-state index contributed by atoms with van der Waals surface area (Å²) in [7, 11) is 1.99. The van der Waals surface area contributed by atoms with E-state index in [4.69, 9.17) is 12.2 Å². The van der Waals surface area contributed by atoms with Gasteiger partial charge in [0.25, 0.3) is 0 Å². The van der Waals surface area contributed by atoms with Crippen LogP contribution in [0.4, 0.5) is 5.69 Å². The van der Waals surface area contributed by atoms with Crippen molar-refractivity contribution in [2.45, 2.75) is 33.9 Å². The van der Waals surface area contributed by atoms with E-state index >= 15 is 0 Å². The van der Waals surface area contributed by atoms with Gasteiger partial charge in [0.1, 0.15) is 0 Å². The maximum atomic E-state index is 5.50. The van der Waals surface area contributed by atoms with Gasteiger partial charge in [0.2, 0.25) is 0 Å². The molecule has 0 fully saturated rings. The monoisotopic (exact) mass is 302 g/mol. The van der Waals surface area contributed by atoms with Crippen LogP contribution in [-0.4, -0.2) is 26.8 Å². The van der Waals surface area contributed by atoms with Gasteiger partial charge in [0.05, 0.1) is 12.2 Å². The van der Waals surface area contributed by atoms with Crippen LogP contribution in [0.1, 0.15) is 23.7 Å². The minimum atomic E-state index is 0.715. The molecule has 0 atom stereocenters. The third kappa shape index (κ3) is 3.61. The molecule has 1 aromatic heterocycles. The van der Waals surface area contributed by atoms with Crippen LogP contribution in [0.3, 0.4) is 0 Å². The summed E-state index contributed by atoms with van der Waals surface area (Å²) in [4.78, 5) is 2.03. The van der Waals surface area contributed by atoms with Gasteiger partial charge in [0.15, 0.2) is 5.11 Å². The van der Waals surface area contributed by atoms with Crippen LogP contribution in [0, 0.1) is 13.8 Å². The smallest absolute Gasteiger partial charge is 0.173 e. The number of aromatic nitrogens is 2. The topological polar surface area (TPSA) is 33.1 Å². The second-order valence-electron chi connectivity index (χ2n) is 5.17. The number of hydrogen-bond donors (Lipinski definition) is 1. The van der Waals surface area contributed by atoms with Crippen LogP contribution in [0.2, 0.25) is 0 Å². The average molecular weight is 302 g/mol. The first-order valence-electron chi connectivity index (χ1n) is 7.12. The Bertz CT molecular complexity index is 633. The molecular weight excluding hydrogens is 280 g/mol. The zero-order valence-electron chi connectivity index (χ0n) is 13.1. The van der Waals surface area contributed by atoms with E-state index in [1.807, 2.05) is 35.0 Å². The number of thiocarbonyl (C=S) groups is 1. The van der Waals surface area contributed by atoms with Crippen molar-refractivity contribution in [1.29, 1.82) is 0 Å². The van der Waals surface area contributed by atoms with Crippen molar-refractivity contribution in [2.75, 3.05) is 12.4 Å². The van der Waals surface area contributed by atoms with E-state index < -0.39 is 0 Å². The van der Waals surface area contributed by atoms with Crippen molar-refractivity contribution in [3.63, 3.8) is 0 Å². The molecule has 0 saturated carbocycles. The Balaban J connectivity index is 2.04. The Morgan fingerprint density at radius 1 is 1.33 bits per heavy atom. The highest BCUT2D eigenvalue weighted by molar-refractivity contribution is 7.80. The molecule has 0 bridgehead atoms. The van der Waals surface area contributed by atoms with E-state index in [2.05, 4.69) is 43.3 Å². The molecule has 4 nitrogen and oxygen atoms in total. The Kier molecular flexibility index (Phi) is 4.96. The predicted octanol–water partition coefficient (Wildman–Crippen LogP) is 3.35. The van der Waals surface area contributed by atoms with Crippen molar-refractivity contribution >= 4 is 23.0 Å². The Morgan fingerprint density at radius 2 is 2.10 bits per heavy atom. The van der Waals surface area contributed by atoms with E-state index in [0.717, 1.165) is 24.5 Å². The highest BCUT2D eigenvalue weighted by atomic mass is 32.1. The number of aryl methyl sites for hydroxylation is 2. The molecule has 0 aliphatic heterocycles. The second-order valence-corrected chi connectivity index (χ2v) is 5.56. The lowest BCUT2D eigenvalue weighted by molar-refractivity contribution is 0.471. The molecule has 112 valence electrons. The molecule has 2 aromatic rings. The fourth-order valence-corrected chi connectivity index (χ4v) is 2.37. The van der Waals surface area contributed by atoms with Crippen molar-refractivity contribution < 1.29 is 0 Å². The molecule has 0 radical (unpaired) electrons. The van der Waals surface area contributed by atoms with Gasteiger partial charge in [-0.05, 0) is 56.2 Å². The standard InChI is InChI=1S/C16H22N4S/c1-5-20-14(9-10-17-20)11-19(4)16(21)18-15-8-6-7-12(2)13(15)3/h6-10H,5,11H2,1-4H3,(H,18,21). The fourth-order valence-electron chi connectivity index (χ4n) is 2.19. The zero-order valence-corrected chi connectivity index (χ0v) is 13.9. The third-order valence-corrected chi connectivity index (χ3v) is 4.11. The molecule has 1 N–H and O–H groups in total. The molecule has 0 aliphatic rings. The first-order valence-corrected chi connectivity index (χ1v) is 7.52. The van der Waals surface area contributed by atoms with Gasteiger partial charge in [-0.25, -0.2) is 0 Å². The van der Waals surface area contributed by atoms with Gasteiger partial charge >= 0.3 is 0 Å². The number of hydrogen-bond acceptors (Lipinski definition) is 2. The van der Waals surface area contributed by atoms with Crippen LogP contribution in [-0.2, 0) is 13.1 Å². The van der Waals surface area contributed by atoms with Gasteiger partial charge < -0.3 is 10.2 Å². The largest absolute Gasteiger partial charge is 0.346 e. The highest BCUT2D eigenvalue weighted by Crippen LogP contribution is 2.18. The van der Waals surface area contributed by atoms with Gasteiger partial charge in [-0.1, -0.05) is 12.1 Å². The number of nitrogens with zero attached hydrogens (tertiary/aromatic N) is 3. The molecular formula is C16H22N4S. The number of rotatable bonds is 4. The Hall–Kier alpha value is -1.88.